The second-order valence-electron chi connectivity index (χ2n) is 7.52. The van der Waals surface area contributed by atoms with E-state index in [1.54, 1.807) is 0 Å². The number of piperidine rings is 1. The Morgan fingerprint density at radius 2 is 2.24 bits per heavy atom. The molecule has 0 aromatic carbocycles. The molecule has 0 aromatic heterocycles. The molecule has 0 spiro atoms. The molecule has 0 aromatic rings. The van der Waals surface area contributed by atoms with Crippen LogP contribution in [-0.2, 0) is 9.53 Å². The van der Waals surface area contributed by atoms with Gasteiger partial charge in [-0.2, -0.15) is 0 Å². The van der Waals surface area contributed by atoms with Crippen LogP contribution < -0.4 is 16.4 Å². The van der Waals surface area contributed by atoms with E-state index in [1.807, 2.05) is 0 Å². The van der Waals surface area contributed by atoms with E-state index in [0.29, 0.717) is 18.2 Å². The smallest absolute Gasteiger partial charge is 0.221 e. The highest BCUT2D eigenvalue weighted by Gasteiger charge is 2.41. The quantitative estimate of drug-likeness (QED) is 0.352. The number of carbonyl (C=O) groups excluding carboxylic acids is 1. The second-order valence-corrected chi connectivity index (χ2v) is 7.52. The van der Waals surface area contributed by atoms with Crippen molar-refractivity contribution in [2.45, 2.75) is 63.7 Å². The number of primary amides is 1. The van der Waals surface area contributed by atoms with Gasteiger partial charge in [-0.1, -0.05) is 0 Å². The molecule has 0 saturated carbocycles. The van der Waals surface area contributed by atoms with Gasteiger partial charge in [-0.3, -0.25) is 9.79 Å². The summed E-state index contributed by atoms with van der Waals surface area (Å²) < 4.78 is 5.91. The first kappa shape index (κ1) is 18.5. The first-order valence-corrected chi connectivity index (χ1v) is 9.87. The lowest BCUT2D eigenvalue weighted by Gasteiger charge is -2.30. The number of likely N-dealkylation sites (tertiary alicyclic amines) is 1. The predicted molar refractivity (Wildman–Crippen MR) is 98.4 cm³/mol. The maximum atomic E-state index is 11.4. The van der Waals surface area contributed by atoms with Gasteiger partial charge >= 0.3 is 0 Å². The molecule has 3 fully saturated rings. The number of amides is 1. The summed E-state index contributed by atoms with van der Waals surface area (Å²) in [5, 5.41) is 6.89. The third kappa shape index (κ3) is 5.07. The van der Waals surface area contributed by atoms with Crippen molar-refractivity contribution >= 4 is 11.9 Å². The Hall–Kier alpha value is -1.34. The number of fused-ring (bicyclic) bond motifs is 2. The lowest BCUT2D eigenvalue weighted by Crippen LogP contribution is -2.47. The summed E-state index contributed by atoms with van der Waals surface area (Å²) in [5.41, 5.74) is 5.45. The Kier molecular flexibility index (Phi) is 6.53. The van der Waals surface area contributed by atoms with E-state index >= 15 is 0 Å². The number of carbonyl (C=O) groups is 1. The summed E-state index contributed by atoms with van der Waals surface area (Å²) in [5.74, 6) is 0.765. The number of ether oxygens (including phenoxy) is 1. The van der Waals surface area contributed by atoms with Gasteiger partial charge in [0.1, 0.15) is 0 Å². The Balaban J connectivity index is 1.40. The summed E-state index contributed by atoms with van der Waals surface area (Å²) in [7, 11) is 0. The fourth-order valence-electron chi connectivity index (χ4n) is 4.26. The number of rotatable bonds is 7. The van der Waals surface area contributed by atoms with Crippen LogP contribution in [0.2, 0.25) is 0 Å². The maximum absolute atomic E-state index is 11.4. The van der Waals surface area contributed by atoms with Gasteiger partial charge in [-0.05, 0) is 58.5 Å². The lowest BCUT2D eigenvalue weighted by atomic mass is 9.96. The molecule has 2 bridgehead atoms. The zero-order valence-corrected chi connectivity index (χ0v) is 15.4. The standard InChI is InChI=1S/C18H33N5O2/c1-2-20-18(22-15-11-14-6-7-16(15)25-14)21-8-4-10-23-9-3-5-13(12-23)17(19)24/h13-16H,2-12H2,1H3,(H2,19,24)(H2,20,21,22). The van der Waals surface area contributed by atoms with Gasteiger partial charge in [0, 0.05) is 19.6 Å². The number of hydrogen-bond donors (Lipinski definition) is 3. The minimum atomic E-state index is -0.158. The monoisotopic (exact) mass is 351 g/mol. The van der Waals surface area contributed by atoms with Gasteiger partial charge in [0.15, 0.2) is 5.96 Å². The molecular weight excluding hydrogens is 318 g/mol. The maximum Gasteiger partial charge on any atom is 0.221 e. The normalized spacial score (nSPS) is 32.8. The Morgan fingerprint density at radius 3 is 2.92 bits per heavy atom. The van der Waals surface area contributed by atoms with Crippen molar-refractivity contribution in [2.75, 3.05) is 32.7 Å². The van der Waals surface area contributed by atoms with Crippen molar-refractivity contribution in [3.05, 3.63) is 0 Å². The third-order valence-electron chi connectivity index (χ3n) is 5.58. The summed E-state index contributed by atoms with van der Waals surface area (Å²) in [6.45, 7) is 6.58. The van der Waals surface area contributed by atoms with Crippen LogP contribution in [0.15, 0.2) is 4.99 Å². The van der Waals surface area contributed by atoms with Gasteiger partial charge in [0.2, 0.25) is 5.91 Å². The van der Waals surface area contributed by atoms with Crippen LogP contribution in [0.25, 0.3) is 0 Å². The van der Waals surface area contributed by atoms with Crippen molar-refractivity contribution in [1.82, 2.24) is 15.5 Å². The number of nitrogens with one attached hydrogen (secondary N) is 2. The zero-order valence-electron chi connectivity index (χ0n) is 15.4. The highest BCUT2D eigenvalue weighted by Crippen LogP contribution is 2.34. The van der Waals surface area contributed by atoms with E-state index < -0.39 is 0 Å². The molecule has 4 unspecified atom stereocenters. The van der Waals surface area contributed by atoms with Crippen LogP contribution in [-0.4, -0.2) is 67.7 Å². The SMILES string of the molecule is CCNC(=NCCCN1CCCC(C(N)=O)C1)NC1CC2CCC1O2. The molecule has 0 radical (unpaired) electrons. The van der Waals surface area contributed by atoms with Crippen molar-refractivity contribution in [1.29, 1.82) is 0 Å². The number of nitrogens with two attached hydrogens (primary N) is 1. The highest BCUT2D eigenvalue weighted by molar-refractivity contribution is 5.80. The average Bonchev–Trinajstić information content (AvgIpc) is 3.22. The van der Waals surface area contributed by atoms with Crippen molar-refractivity contribution < 1.29 is 9.53 Å². The van der Waals surface area contributed by atoms with E-state index in [0.717, 1.165) is 70.8 Å². The van der Waals surface area contributed by atoms with Crippen molar-refractivity contribution in [3.63, 3.8) is 0 Å². The van der Waals surface area contributed by atoms with Crippen LogP contribution in [0.5, 0.6) is 0 Å². The molecule has 4 N–H and O–H groups in total. The van der Waals surface area contributed by atoms with Crippen molar-refractivity contribution in [3.8, 4) is 0 Å². The number of hydrogen-bond acceptors (Lipinski definition) is 4. The molecule has 3 aliphatic rings. The van der Waals surface area contributed by atoms with Gasteiger partial charge in [0.05, 0.1) is 24.2 Å². The van der Waals surface area contributed by atoms with Crippen LogP contribution in [0.1, 0.15) is 45.4 Å². The number of guanidine groups is 1. The van der Waals surface area contributed by atoms with Crippen LogP contribution >= 0.6 is 0 Å². The summed E-state index contributed by atoms with van der Waals surface area (Å²) in [6, 6.07) is 0.398. The summed E-state index contributed by atoms with van der Waals surface area (Å²) >= 11 is 0. The molecule has 7 heteroatoms. The Labute approximate surface area is 150 Å². The van der Waals surface area contributed by atoms with E-state index in [2.05, 4.69) is 22.5 Å². The first-order valence-electron chi connectivity index (χ1n) is 9.87. The van der Waals surface area contributed by atoms with E-state index in [-0.39, 0.29) is 11.8 Å². The van der Waals surface area contributed by atoms with E-state index in [9.17, 15) is 4.79 Å². The Bertz CT molecular complexity index is 484. The van der Waals surface area contributed by atoms with Gasteiger partial charge in [-0.25, -0.2) is 0 Å². The minimum absolute atomic E-state index is 0.0222. The van der Waals surface area contributed by atoms with Gasteiger partial charge in [-0.15, -0.1) is 0 Å². The molecule has 3 aliphatic heterocycles. The van der Waals surface area contributed by atoms with Crippen LogP contribution in [0.4, 0.5) is 0 Å². The van der Waals surface area contributed by atoms with E-state index in [1.165, 1.54) is 6.42 Å². The fourth-order valence-corrected chi connectivity index (χ4v) is 4.26. The lowest BCUT2D eigenvalue weighted by molar-refractivity contribution is -0.123. The van der Waals surface area contributed by atoms with Crippen LogP contribution in [0.3, 0.4) is 0 Å². The molecule has 142 valence electrons. The Morgan fingerprint density at radius 1 is 1.36 bits per heavy atom. The molecule has 25 heavy (non-hydrogen) atoms. The fraction of sp³-hybridized carbons (Fsp3) is 0.889. The summed E-state index contributed by atoms with van der Waals surface area (Å²) in [6.07, 6.45) is 7.26. The molecule has 3 heterocycles. The predicted octanol–water partition coefficient (Wildman–Crippen LogP) is 0.449. The highest BCUT2D eigenvalue weighted by atomic mass is 16.5. The zero-order chi connectivity index (χ0) is 17.6. The number of aliphatic imine (C=N–C) groups is 1. The van der Waals surface area contributed by atoms with Crippen LogP contribution in [0, 0.1) is 5.92 Å². The molecule has 3 saturated heterocycles. The summed E-state index contributed by atoms with van der Waals surface area (Å²) in [4.78, 5) is 18.4. The third-order valence-corrected chi connectivity index (χ3v) is 5.58. The van der Waals surface area contributed by atoms with Gasteiger partial charge in [0.25, 0.3) is 0 Å². The molecule has 4 atom stereocenters. The molecule has 1 amide bonds. The second kappa shape index (κ2) is 8.85. The molecule has 0 aliphatic carbocycles. The minimum Gasteiger partial charge on any atom is -0.373 e. The van der Waals surface area contributed by atoms with Gasteiger partial charge < -0.3 is 26.0 Å². The van der Waals surface area contributed by atoms with E-state index in [4.69, 9.17) is 15.5 Å². The number of nitrogens with zero attached hydrogens (tertiary/aromatic N) is 2. The van der Waals surface area contributed by atoms with Crippen molar-refractivity contribution in [2.24, 2.45) is 16.6 Å². The average molecular weight is 351 g/mol. The first-order chi connectivity index (χ1) is 12.2. The topological polar surface area (TPSA) is 92.0 Å². The molecule has 7 nitrogen and oxygen atoms in total. The molecular formula is C18H33N5O2. The largest absolute Gasteiger partial charge is 0.373 e. The molecule has 3 rings (SSSR count).